The van der Waals surface area contributed by atoms with Crippen LogP contribution in [0.15, 0.2) is 60.2 Å². The van der Waals surface area contributed by atoms with Crippen molar-refractivity contribution in [2.75, 3.05) is 29.2 Å². The van der Waals surface area contributed by atoms with Crippen molar-refractivity contribution in [3.05, 3.63) is 71.0 Å². The first-order chi connectivity index (χ1) is 17.4. The Kier molecular flexibility index (Phi) is 7.87. The zero-order valence-corrected chi connectivity index (χ0v) is 20.9. The highest BCUT2D eigenvalue weighted by molar-refractivity contribution is 6.30. The van der Waals surface area contributed by atoms with E-state index in [4.69, 9.17) is 28.9 Å². The molecule has 10 N–H and O–H groups in total. The first-order valence-electron chi connectivity index (χ1n) is 11.8. The molecule has 0 unspecified atom stereocenters. The predicted octanol–water partition coefficient (Wildman–Crippen LogP) is 3.38. The minimum Gasteiger partial charge on any atom is -0.391 e. The molecule has 0 radical (unpaired) electrons. The molecule has 1 amide bonds. The van der Waals surface area contributed by atoms with Crippen molar-refractivity contribution < 1.29 is 4.79 Å². The number of nitrogens with one attached hydrogen (secondary N) is 4. The lowest BCUT2D eigenvalue weighted by Crippen LogP contribution is -2.41. The molecule has 0 saturated carbocycles. The SMILES string of the molecule is CNc1ccc2c(c1)NCCCCC[C@H](NC(=O)/C(N)=C(\N)N(N)c1cccc(Cl)c1)c1ncc-2[nH]1. The van der Waals surface area contributed by atoms with Gasteiger partial charge in [-0.2, -0.15) is 0 Å². The second-order valence-corrected chi connectivity index (χ2v) is 9.08. The molecular weight excluding hydrogens is 478 g/mol. The van der Waals surface area contributed by atoms with Gasteiger partial charge in [0.2, 0.25) is 0 Å². The number of hydrogen-bond donors (Lipinski definition) is 7. The number of anilines is 3. The molecule has 36 heavy (non-hydrogen) atoms. The second-order valence-electron chi connectivity index (χ2n) is 8.64. The van der Waals surface area contributed by atoms with Crippen LogP contribution in [0.1, 0.15) is 37.5 Å². The fraction of sp³-hybridized carbons (Fsp3) is 0.280. The molecule has 1 aliphatic rings. The molecule has 1 aromatic heterocycles. The number of amides is 1. The van der Waals surface area contributed by atoms with Crippen LogP contribution in [-0.2, 0) is 4.79 Å². The summed E-state index contributed by atoms with van der Waals surface area (Å²) in [6.07, 6.45) is 5.36. The molecular formula is C25H32ClN9O. The molecule has 0 spiro atoms. The molecule has 1 atom stereocenters. The smallest absolute Gasteiger partial charge is 0.271 e. The largest absolute Gasteiger partial charge is 0.391 e. The van der Waals surface area contributed by atoms with Crippen LogP contribution in [-0.4, -0.2) is 29.5 Å². The third-order valence-electron chi connectivity index (χ3n) is 6.18. The lowest BCUT2D eigenvalue weighted by molar-refractivity contribution is -0.118. The van der Waals surface area contributed by atoms with E-state index < -0.39 is 5.91 Å². The van der Waals surface area contributed by atoms with Crippen LogP contribution in [0.2, 0.25) is 5.02 Å². The quantitative estimate of drug-likeness (QED) is 0.156. The van der Waals surface area contributed by atoms with Crippen LogP contribution in [0.5, 0.6) is 0 Å². The Morgan fingerprint density at radius 3 is 2.78 bits per heavy atom. The van der Waals surface area contributed by atoms with E-state index >= 15 is 0 Å². The maximum absolute atomic E-state index is 13.1. The van der Waals surface area contributed by atoms with Gasteiger partial charge in [0, 0.05) is 35.6 Å². The first-order valence-corrected chi connectivity index (χ1v) is 12.2. The molecule has 2 bridgehead atoms. The van der Waals surface area contributed by atoms with Crippen LogP contribution in [0, 0.1) is 0 Å². The minimum absolute atomic E-state index is 0.0802. The van der Waals surface area contributed by atoms with Crippen LogP contribution in [0.3, 0.4) is 0 Å². The summed E-state index contributed by atoms with van der Waals surface area (Å²) < 4.78 is 0. The third-order valence-corrected chi connectivity index (χ3v) is 6.42. The number of benzene rings is 2. The van der Waals surface area contributed by atoms with Crippen LogP contribution in [0.4, 0.5) is 17.1 Å². The summed E-state index contributed by atoms with van der Waals surface area (Å²) in [7, 11) is 1.89. The number of rotatable bonds is 5. The number of halogens is 1. The zero-order valence-electron chi connectivity index (χ0n) is 20.1. The van der Waals surface area contributed by atoms with Gasteiger partial charge >= 0.3 is 0 Å². The van der Waals surface area contributed by atoms with Gasteiger partial charge < -0.3 is 32.4 Å². The summed E-state index contributed by atoms with van der Waals surface area (Å²) in [5.74, 6) is 6.14. The van der Waals surface area contributed by atoms with E-state index in [1.807, 2.05) is 19.2 Å². The second kappa shape index (κ2) is 11.2. The van der Waals surface area contributed by atoms with Crippen molar-refractivity contribution in [3.63, 3.8) is 0 Å². The van der Waals surface area contributed by atoms with Crippen LogP contribution >= 0.6 is 11.6 Å². The number of fused-ring (bicyclic) bond motifs is 4. The molecule has 0 saturated heterocycles. The fourth-order valence-corrected chi connectivity index (χ4v) is 4.31. The van der Waals surface area contributed by atoms with Gasteiger partial charge in [0.05, 0.1) is 23.6 Å². The van der Waals surface area contributed by atoms with E-state index in [1.165, 1.54) is 0 Å². The average Bonchev–Trinajstić information content (AvgIpc) is 3.38. The molecule has 3 aromatic rings. The van der Waals surface area contributed by atoms with Crippen molar-refractivity contribution in [3.8, 4) is 11.3 Å². The number of nitrogens with two attached hydrogens (primary N) is 3. The molecule has 1 aliphatic heterocycles. The molecule has 4 rings (SSSR count). The van der Waals surface area contributed by atoms with Crippen LogP contribution < -0.4 is 38.3 Å². The molecule has 10 nitrogen and oxygen atoms in total. The highest BCUT2D eigenvalue weighted by atomic mass is 35.5. The Balaban J connectivity index is 1.58. The maximum Gasteiger partial charge on any atom is 0.271 e. The van der Waals surface area contributed by atoms with Gasteiger partial charge in [0.25, 0.3) is 5.91 Å². The van der Waals surface area contributed by atoms with Crippen molar-refractivity contribution >= 4 is 34.6 Å². The van der Waals surface area contributed by atoms with Crippen molar-refractivity contribution in [1.82, 2.24) is 15.3 Å². The Morgan fingerprint density at radius 1 is 1.17 bits per heavy atom. The Labute approximate surface area is 215 Å². The van der Waals surface area contributed by atoms with Gasteiger partial charge in [-0.25, -0.2) is 10.8 Å². The van der Waals surface area contributed by atoms with E-state index in [2.05, 4.69) is 32.0 Å². The number of carbonyl (C=O) groups is 1. The topological polar surface area (TPSA) is 163 Å². The van der Waals surface area contributed by atoms with E-state index in [-0.39, 0.29) is 17.6 Å². The van der Waals surface area contributed by atoms with Crippen molar-refractivity contribution in [1.29, 1.82) is 0 Å². The summed E-state index contributed by atoms with van der Waals surface area (Å²) >= 11 is 6.04. The Morgan fingerprint density at radius 2 is 2.00 bits per heavy atom. The minimum atomic E-state index is -0.527. The highest BCUT2D eigenvalue weighted by Gasteiger charge is 2.23. The number of hydrazine groups is 1. The Hall–Kier alpha value is -3.89. The number of hydrogen-bond acceptors (Lipinski definition) is 8. The first kappa shape index (κ1) is 25.2. The molecule has 11 heteroatoms. The molecule has 0 aliphatic carbocycles. The van der Waals surface area contributed by atoms with Gasteiger partial charge in [-0.3, -0.25) is 9.80 Å². The molecule has 2 aromatic carbocycles. The zero-order chi connectivity index (χ0) is 25.7. The monoisotopic (exact) mass is 509 g/mol. The fourth-order valence-electron chi connectivity index (χ4n) is 4.13. The van der Waals surface area contributed by atoms with Gasteiger partial charge in [-0.1, -0.05) is 30.5 Å². The normalized spacial score (nSPS) is 16.4. The van der Waals surface area contributed by atoms with Gasteiger partial charge in [-0.15, -0.1) is 0 Å². The molecule has 2 heterocycles. The summed E-state index contributed by atoms with van der Waals surface area (Å²) in [5.41, 5.74) is 16.4. The van der Waals surface area contributed by atoms with E-state index in [9.17, 15) is 4.79 Å². The van der Waals surface area contributed by atoms with Gasteiger partial charge in [0.1, 0.15) is 17.3 Å². The summed E-state index contributed by atoms with van der Waals surface area (Å²) in [6, 6.07) is 12.5. The van der Waals surface area contributed by atoms with E-state index in [0.717, 1.165) is 53.4 Å². The Bertz CT molecular complexity index is 1260. The van der Waals surface area contributed by atoms with Crippen molar-refractivity contribution in [2.45, 2.75) is 31.7 Å². The lowest BCUT2D eigenvalue weighted by atomic mass is 10.1. The molecule has 190 valence electrons. The number of aromatic amines is 1. The number of nitrogens with zero attached hydrogens (tertiary/aromatic N) is 2. The maximum atomic E-state index is 13.1. The summed E-state index contributed by atoms with van der Waals surface area (Å²) in [4.78, 5) is 21.0. The summed E-state index contributed by atoms with van der Waals surface area (Å²) in [6.45, 7) is 0.847. The van der Waals surface area contributed by atoms with Gasteiger partial charge in [0.15, 0.2) is 0 Å². The number of H-pyrrole nitrogens is 1. The number of carbonyl (C=O) groups excluding carboxylic acids is 1. The standard InChI is InChI=1S/C25H32ClN9O/c1-30-16-9-10-18-20(13-16)31-11-4-2-3-8-19(24-32-14-21(18)33-24)34-25(36)22(27)23(28)35(29)17-7-5-6-15(26)12-17/h5-7,9-10,12-14,19,30-31H,2-4,8,11,27-29H2,1H3,(H,32,33)(H,34,36)/b23-22-/t19-/m0/s1. The molecule has 0 fully saturated rings. The van der Waals surface area contributed by atoms with E-state index in [0.29, 0.717) is 23.0 Å². The number of aromatic nitrogens is 2. The number of imidazole rings is 1. The predicted molar refractivity (Wildman–Crippen MR) is 145 cm³/mol. The average molecular weight is 510 g/mol. The highest BCUT2D eigenvalue weighted by Crippen LogP contribution is 2.31. The lowest BCUT2D eigenvalue weighted by Gasteiger charge is -2.22. The van der Waals surface area contributed by atoms with E-state index in [1.54, 1.807) is 30.5 Å². The summed E-state index contributed by atoms with van der Waals surface area (Å²) in [5, 5.41) is 11.3. The van der Waals surface area contributed by atoms with Crippen LogP contribution in [0.25, 0.3) is 11.3 Å². The van der Waals surface area contributed by atoms with Gasteiger partial charge in [-0.05, 0) is 49.2 Å². The van der Waals surface area contributed by atoms with Crippen molar-refractivity contribution in [2.24, 2.45) is 17.3 Å². The third kappa shape index (κ3) is 5.67.